The van der Waals surface area contributed by atoms with Crippen molar-refractivity contribution in [1.29, 1.82) is 0 Å². The predicted molar refractivity (Wildman–Crippen MR) is 583 cm³/mol. The molecular weight excluding hydrogens is 1920 g/mol. The van der Waals surface area contributed by atoms with E-state index < -0.39 is 6.08 Å². The van der Waals surface area contributed by atoms with Crippen LogP contribution in [0.25, 0.3) is 127 Å². The average Bonchev–Trinajstić information content (AvgIpc) is 1.53. The Morgan fingerprint density at radius 3 is 0.893 bits per heavy atom. The third-order valence-electron chi connectivity index (χ3n) is 26.9. The molecule has 0 unspecified atom stereocenters. The van der Waals surface area contributed by atoms with Crippen LogP contribution in [0.3, 0.4) is 0 Å². The topological polar surface area (TPSA) is 442 Å². The van der Waals surface area contributed by atoms with E-state index in [1.807, 2.05) is 286 Å². The standard InChI is InChI=1S/2C24H22N6O.C23H19ClN6O.C20H19ClN6O.C20H19FN6O/c2*1-14-8-7-9-17-12-19(30(24(31)20(14)17)18-10-5-4-6-11-18)15(2)27-22-21-23(26-13-25-22)29-16(3)28-21;1-13-7-6-8-15-11-17(30(22(31)18(13)15)16-9-4-3-5-10-16)14(2)27-21-19-20(26-12-25-19)28-23(24)29-21;2*1-10-4-3-5-12-8-14(27(13-6-7-13)19(28)15(10)12)11(2)24-18-16-17(23-9-22-16)25-20(21)26-18/h2*4-13,15H,1-3H3,(H2,25,26,27,28,29);3-12,14H,1-2H3,(H2,25,26,27,28,29);2*3-5,8-9,11,13H,6-7H2,1-2H3,(H2,22,23,24,25,26)/t2*15-;14-;2*11-/m00000/s1. The average molecular weight is 2030 g/mol. The molecule has 5 atom stereocenters. The number of hydrogen-bond donors (Lipinski definition) is 10. The summed E-state index contributed by atoms with van der Waals surface area (Å²) < 4.78 is 22.9. The number of imidazole rings is 5. The Morgan fingerprint density at radius 1 is 0.302 bits per heavy atom. The largest absolute Gasteiger partial charge is 0.360 e. The van der Waals surface area contributed by atoms with Crippen LogP contribution in [0.1, 0.15) is 171 Å². The molecule has 23 aromatic rings. The quantitative estimate of drug-likeness (QED) is 0.0317. The molecule has 149 heavy (non-hydrogen) atoms. The van der Waals surface area contributed by atoms with Gasteiger partial charge in [0.15, 0.2) is 57.3 Å². The summed E-state index contributed by atoms with van der Waals surface area (Å²) in [5.74, 6) is 4.26. The van der Waals surface area contributed by atoms with Crippen molar-refractivity contribution >= 4 is 162 Å². The zero-order valence-corrected chi connectivity index (χ0v) is 84.6. The number of benzene rings is 8. The molecule has 8 aromatic carbocycles. The van der Waals surface area contributed by atoms with Crippen LogP contribution in [0.2, 0.25) is 10.6 Å². The maximum absolute atomic E-state index is 13.8. The van der Waals surface area contributed by atoms with E-state index >= 15 is 0 Å². The number of halogens is 3. The van der Waals surface area contributed by atoms with E-state index in [0.717, 1.165) is 170 Å². The lowest BCUT2D eigenvalue weighted by Crippen LogP contribution is -2.26. The smallest absolute Gasteiger partial charge is 0.312 e. The molecule has 0 spiro atoms. The summed E-state index contributed by atoms with van der Waals surface area (Å²) in [5.41, 5.74) is 17.4. The van der Waals surface area contributed by atoms with Crippen molar-refractivity contribution in [3.8, 4) is 17.1 Å². The molecule has 15 aromatic heterocycles. The van der Waals surface area contributed by atoms with Crippen LogP contribution in [0.15, 0.2) is 268 Å². The number of aromatic nitrogens is 25. The maximum Gasteiger partial charge on any atom is 0.312 e. The number of nitrogens with zero attached hydrogens (tertiary/aromatic N) is 20. The highest BCUT2D eigenvalue weighted by Crippen LogP contribution is 2.41. The summed E-state index contributed by atoms with van der Waals surface area (Å²) in [4.78, 5) is 146. The lowest BCUT2D eigenvalue weighted by Gasteiger charge is -2.22. The van der Waals surface area contributed by atoms with Crippen molar-refractivity contribution in [3.05, 3.63) is 380 Å². The highest BCUT2D eigenvalue weighted by Gasteiger charge is 2.34. The second-order valence-corrected chi connectivity index (χ2v) is 38.1. The molecule has 35 nitrogen and oxygen atoms in total. The molecular formula is C111H101Cl2FN30O5. The Balaban J connectivity index is 0.000000109. The highest BCUT2D eigenvalue weighted by molar-refractivity contribution is 6.29. The lowest BCUT2D eigenvalue weighted by atomic mass is 10.0. The summed E-state index contributed by atoms with van der Waals surface area (Å²) >= 11 is 12.1. The van der Waals surface area contributed by atoms with Gasteiger partial charge >= 0.3 is 6.08 Å². The Hall–Kier alpha value is -17.9. The molecule has 746 valence electrons. The number of nitrogens with one attached hydrogen (secondary N) is 10. The van der Waals surface area contributed by atoms with Gasteiger partial charge in [-0.3, -0.25) is 37.7 Å². The van der Waals surface area contributed by atoms with Gasteiger partial charge in [0.1, 0.15) is 51.9 Å². The Morgan fingerprint density at radius 2 is 0.577 bits per heavy atom. The van der Waals surface area contributed by atoms with E-state index in [-0.39, 0.29) is 86.3 Å². The number of anilines is 5. The van der Waals surface area contributed by atoms with Gasteiger partial charge in [-0.15, -0.1) is 0 Å². The third-order valence-corrected chi connectivity index (χ3v) is 27.3. The number of fused-ring (bicyclic) bond motifs is 10. The lowest BCUT2D eigenvalue weighted by molar-refractivity contribution is 0.543. The van der Waals surface area contributed by atoms with Gasteiger partial charge < -0.3 is 60.6 Å². The first-order valence-electron chi connectivity index (χ1n) is 48.8. The first-order valence-corrected chi connectivity index (χ1v) is 49.6. The summed E-state index contributed by atoms with van der Waals surface area (Å²) in [6.45, 7) is 23.6. The second kappa shape index (κ2) is 40.6. The molecule has 10 N–H and O–H groups in total. The fraction of sp³-hybridized carbons (Fsp3) is 0.207. The van der Waals surface area contributed by atoms with Crippen LogP contribution < -0.4 is 54.4 Å². The van der Waals surface area contributed by atoms with Crippen molar-refractivity contribution in [2.45, 2.75) is 151 Å². The van der Waals surface area contributed by atoms with Gasteiger partial charge in [0.05, 0.1) is 76.1 Å². The molecule has 2 saturated carbocycles. The van der Waals surface area contributed by atoms with Gasteiger partial charge in [-0.2, -0.15) is 34.3 Å². The van der Waals surface area contributed by atoms with Gasteiger partial charge in [0.2, 0.25) is 10.6 Å². The summed E-state index contributed by atoms with van der Waals surface area (Å²) in [6.07, 6.45) is 10.7. The molecule has 0 saturated heterocycles. The molecule has 0 radical (unpaired) electrons. The second-order valence-electron chi connectivity index (χ2n) is 37.4. The minimum atomic E-state index is -0.844. The predicted octanol–water partition coefficient (Wildman–Crippen LogP) is 21.4. The van der Waals surface area contributed by atoms with Crippen LogP contribution in [-0.4, -0.2) is 123 Å². The fourth-order valence-electron chi connectivity index (χ4n) is 19.6. The number of rotatable bonds is 20. The van der Waals surface area contributed by atoms with E-state index in [9.17, 15) is 28.4 Å². The van der Waals surface area contributed by atoms with Gasteiger partial charge in [0, 0.05) is 57.6 Å². The number of aryl methyl sites for hydroxylation is 7. The number of aromatic amines is 5. The first kappa shape index (κ1) is 97.2. The van der Waals surface area contributed by atoms with E-state index in [1.165, 1.54) is 19.0 Å². The molecule has 2 fully saturated rings. The van der Waals surface area contributed by atoms with E-state index in [2.05, 4.69) is 144 Å². The van der Waals surface area contributed by atoms with Gasteiger partial charge in [0.25, 0.3) is 27.8 Å². The van der Waals surface area contributed by atoms with Crippen LogP contribution >= 0.6 is 23.2 Å². The Labute approximate surface area is 858 Å². The van der Waals surface area contributed by atoms with Gasteiger partial charge in [-0.25, -0.2) is 44.9 Å². The SMILES string of the molecule is Cc1cccc2cc([C@H](C)Nc3nc(Cl)nc4nc[nH]c34)n(-c3ccccc3)c(=O)c12.Cc1cccc2cc([C@H](C)Nc3nc(Cl)nc4nc[nH]c34)n(C3CC3)c(=O)c12.Cc1cccc2cc([C@H](C)Nc3nc(F)nc4nc[nH]c34)n(C3CC3)c(=O)c12.Cc1nc2ncnc(N[C@@H](C)c3cc4cccc(C)c4c(=O)n3-c3ccccc3)c2[nH]1.Cc1nc2ncnc(N[C@@H](C)c3cc4cccc(C)c4c(=O)n3-c3ccccc3)c2[nH]1. The molecule has 2 aliphatic carbocycles. The van der Waals surface area contributed by atoms with Crippen LogP contribution in [0, 0.1) is 54.5 Å². The van der Waals surface area contributed by atoms with Crippen molar-refractivity contribution in [2.24, 2.45) is 0 Å². The molecule has 0 amide bonds. The zero-order valence-electron chi connectivity index (χ0n) is 83.1. The monoisotopic (exact) mass is 2020 g/mol. The molecule has 38 heteroatoms. The van der Waals surface area contributed by atoms with Gasteiger partial charge in [-0.1, -0.05) is 146 Å². The van der Waals surface area contributed by atoms with E-state index in [1.54, 1.807) is 26.4 Å². The first-order chi connectivity index (χ1) is 72.1. The Kier molecular flexibility index (Phi) is 26.5. The number of H-pyrrole nitrogens is 5. The minimum Gasteiger partial charge on any atom is -0.360 e. The summed E-state index contributed by atoms with van der Waals surface area (Å²) in [7, 11) is 0. The van der Waals surface area contributed by atoms with Crippen LogP contribution in [0.5, 0.6) is 0 Å². The molecule has 15 heterocycles. The fourth-order valence-corrected chi connectivity index (χ4v) is 19.9. The van der Waals surface area contributed by atoms with Crippen LogP contribution in [-0.2, 0) is 0 Å². The van der Waals surface area contributed by atoms with E-state index in [4.69, 9.17) is 23.2 Å². The number of hydrogen-bond acceptors (Lipinski definition) is 25. The minimum absolute atomic E-state index is 0.0299. The van der Waals surface area contributed by atoms with Crippen molar-refractivity contribution in [2.75, 3.05) is 26.6 Å². The van der Waals surface area contributed by atoms with Crippen molar-refractivity contribution in [1.82, 2.24) is 123 Å². The molecule has 0 aliphatic heterocycles. The molecule has 2 aliphatic rings. The Bertz CT molecular complexity index is 9040. The van der Waals surface area contributed by atoms with E-state index in [0.29, 0.717) is 73.6 Å². The van der Waals surface area contributed by atoms with Gasteiger partial charge in [-0.05, 0) is 253 Å². The maximum atomic E-state index is 13.8. The van der Waals surface area contributed by atoms with Crippen molar-refractivity contribution in [3.63, 3.8) is 0 Å². The summed E-state index contributed by atoms with van der Waals surface area (Å²) in [6, 6.07) is 68.3. The number of pyridine rings is 5. The molecule has 25 rings (SSSR count). The number of para-hydroxylation sites is 3. The highest BCUT2D eigenvalue weighted by atomic mass is 35.5. The summed E-state index contributed by atoms with van der Waals surface area (Å²) in [5, 5.41) is 25.5. The van der Waals surface area contributed by atoms with Crippen LogP contribution in [0.4, 0.5) is 33.5 Å². The van der Waals surface area contributed by atoms with Crippen molar-refractivity contribution < 1.29 is 4.39 Å². The third kappa shape index (κ3) is 19.3. The zero-order chi connectivity index (χ0) is 103. The molecule has 0 bridgehead atoms. The normalized spacial score (nSPS) is 13.4.